The Kier molecular flexibility index (Phi) is 7.75. The Morgan fingerprint density at radius 3 is 2.60 bits per heavy atom. The maximum Gasteiger partial charge on any atom is 0.303 e. The molecule has 1 rings (SSSR count). The zero-order valence-corrected chi connectivity index (χ0v) is 12.2. The number of hydrogen-bond donors (Lipinski definition) is 2. The van der Waals surface area contributed by atoms with Gasteiger partial charge in [0.2, 0.25) is 5.91 Å². The summed E-state index contributed by atoms with van der Waals surface area (Å²) in [6.45, 7) is 0.635. The summed E-state index contributed by atoms with van der Waals surface area (Å²) in [5.41, 5.74) is 1.67. The van der Waals surface area contributed by atoms with Gasteiger partial charge >= 0.3 is 5.97 Å². The topological polar surface area (TPSA) is 75.6 Å². The summed E-state index contributed by atoms with van der Waals surface area (Å²) < 4.78 is 4.90. The lowest BCUT2D eigenvalue weighted by molar-refractivity contribution is -0.137. The van der Waals surface area contributed by atoms with E-state index in [2.05, 4.69) is 5.32 Å². The van der Waals surface area contributed by atoms with E-state index < -0.39 is 5.97 Å². The third-order valence-corrected chi connectivity index (χ3v) is 3.45. The zero-order chi connectivity index (χ0) is 14.8. The molecule has 0 aromatic heterocycles. The second-order valence-corrected chi connectivity index (χ2v) is 5.29. The number of anilines is 1. The second-order valence-electron chi connectivity index (χ2n) is 4.18. The molecule has 0 atom stereocenters. The molecule has 5 nitrogen and oxygen atoms in total. The molecule has 0 aliphatic heterocycles. The molecule has 0 aliphatic rings. The number of benzene rings is 1. The lowest BCUT2D eigenvalue weighted by atomic mass is 10.1. The number of methoxy groups -OCH3 is 1. The predicted molar refractivity (Wildman–Crippen MR) is 80.2 cm³/mol. The minimum absolute atomic E-state index is 0.0515. The van der Waals surface area contributed by atoms with Crippen molar-refractivity contribution in [2.24, 2.45) is 0 Å². The number of carbonyl (C=O) groups is 2. The number of aliphatic carboxylic acids is 1. The Bertz CT molecular complexity index is 433. The SMILES string of the molecule is COCCSCC(=O)Nc1ccc(CCC(=O)O)cc1. The number of amides is 1. The highest BCUT2D eigenvalue weighted by molar-refractivity contribution is 7.99. The summed E-state index contributed by atoms with van der Waals surface area (Å²) in [6, 6.07) is 7.23. The van der Waals surface area contributed by atoms with Crippen LogP contribution in [-0.2, 0) is 20.7 Å². The second kappa shape index (κ2) is 9.39. The Labute approximate surface area is 122 Å². The average molecular weight is 297 g/mol. The van der Waals surface area contributed by atoms with Crippen LogP contribution < -0.4 is 5.32 Å². The largest absolute Gasteiger partial charge is 0.481 e. The number of thioether (sulfide) groups is 1. The van der Waals surface area contributed by atoms with Gasteiger partial charge in [0.15, 0.2) is 0 Å². The molecule has 0 spiro atoms. The molecular weight excluding hydrogens is 278 g/mol. The molecule has 6 heteroatoms. The number of aryl methyl sites for hydroxylation is 1. The van der Waals surface area contributed by atoms with Crippen molar-refractivity contribution in [1.29, 1.82) is 0 Å². The third-order valence-electron chi connectivity index (χ3n) is 2.53. The summed E-state index contributed by atoms with van der Waals surface area (Å²) in [5.74, 6) is 0.321. The molecule has 0 heterocycles. The maximum atomic E-state index is 11.6. The standard InChI is InChI=1S/C14H19NO4S/c1-19-8-9-20-10-13(16)15-12-5-2-11(3-6-12)4-7-14(17)18/h2-3,5-6H,4,7-10H2,1H3,(H,15,16)(H,17,18). The quantitative estimate of drug-likeness (QED) is 0.682. The first-order valence-electron chi connectivity index (χ1n) is 6.29. The van der Waals surface area contributed by atoms with Crippen molar-refractivity contribution in [3.8, 4) is 0 Å². The van der Waals surface area contributed by atoms with Crippen LogP contribution in [0.4, 0.5) is 5.69 Å². The van der Waals surface area contributed by atoms with Gasteiger partial charge in [0.05, 0.1) is 12.4 Å². The van der Waals surface area contributed by atoms with E-state index in [1.54, 1.807) is 19.2 Å². The molecule has 20 heavy (non-hydrogen) atoms. The van der Waals surface area contributed by atoms with E-state index in [1.165, 1.54) is 11.8 Å². The maximum absolute atomic E-state index is 11.6. The molecule has 0 unspecified atom stereocenters. The van der Waals surface area contributed by atoms with Gasteiger partial charge in [-0.25, -0.2) is 0 Å². The van der Waals surface area contributed by atoms with Gasteiger partial charge in [-0.3, -0.25) is 9.59 Å². The van der Waals surface area contributed by atoms with E-state index in [4.69, 9.17) is 9.84 Å². The van der Waals surface area contributed by atoms with Crippen LogP contribution in [0, 0.1) is 0 Å². The summed E-state index contributed by atoms with van der Waals surface area (Å²) in [4.78, 5) is 22.1. The molecule has 0 aliphatic carbocycles. The number of carboxylic acids is 1. The van der Waals surface area contributed by atoms with Crippen molar-refractivity contribution in [3.63, 3.8) is 0 Å². The molecule has 0 radical (unpaired) electrons. The predicted octanol–water partition coefficient (Wildman–Crippen LogP) is 2.02. The number of carboxylic acid groups (broad SMARTS) is 1. The van der Waals surface area contributed by atoms with Crippen LogP contribution in [0.1, 0.15) is 12.0 Å². The zero-order valence-electron chi connectivity index (χ0n) is 11.4. The summed E-state index contributed by atoms with van der Waals surface area (Å²) >= 11 is 1.52. The van der Waals surface area contributed by atoms with Gasteiger partial charge in [-0.1, -0.05) is 12.1 Å². The van der Waals surface area contributed by atoms with Crippen LogP contribution in [0.15, 0.2) is 24.3 Å². The number of hydrogen-bond acceptors (Lipinski definition) is 4. The molecule has 0 bridgehead atoms. The Balaban J connectivity index is 2.33. The number of rotatable bonds is 9. The first-order chi connectivity index (χ1) is 9.61. The molecule has 0 saturated carbocycles. The van der Waals surface area contributed by atoms with Gasteiger partial charge in [-0.05, 0) is 24.1 Å². The molecule has 1 amide bonds. The van der Waals surface area contributed by atoms with Crippen LogP contribution in [-0.4, -0.2) is 42.2 Å². The summed E-state index contributed by atoms with van der Waals surface area (Å²) in [7, 11) is 1.63. The van der Waals surface area contributed by atoms with Crippen molar-refractivity contribution in [2.45, 2.75) is 12.8 Å². The van der Waals surface area contributed by atoms with Crippen molar-refractivity contribution in [3.05, 3.63) is 29.8 Å². The van der Waals surface area contributed by atoms with Crippen molar-refractivity contribution in [1.82, 2.24) is 0 Å². The monoisotopic (exact) mass is 297 g/mol. The van der Waals surface area contributed by atoms with Gasteiger partial charge in [0.1, 0.15) is 0 Å². The Morgan fingerprint density at radius 2 is 2.00 bits per heavy atom. The minimum atomic E-state index is -0.810. The summed E-state index contributed by atoms with van der Waals surface area (Å²) in [5, 5.41) is 11.4. The van der Waals surface area contributed by atoms with Crippen molar-refractivity contribution >= 4 is 29.3 Å². The minimum Gasteiger partial charge on any atom is -0.481 e. The van der Waals surface area contributed by atoms with Gasteiger partial charge in [-0.15, -0.1) is 11.8 Å². The molecule has 0 saturated heterocycles. The molecule has 1 aromatic rings. The van der Waals surface area contributed by atoms with Crippen LogP contribution in [0.25, 0.3) is 0 Å². The summed E-state index contributed by atoms with van der Waals surface area (Å²) in [6.07, 6.45) is 0.609. The van der Waals surface area contributed by atoms with Gasteiger partial charge in [0.25, 0.3) is 0 Å². The van der Waals surface area contributed by atoms with Gasteiger partial charge in [-0.2, -0.15) is 0 Å². The van der Waals surface area contributed by atoms with Crippen molar-refractivity contribution in [2.75, 3.05) is 30.5 Å². The fraction of sp³-hybridized carbons (Fsp3) is 0.429. The van der Waals surface area contributed by atoms with Crippen LogP contribution >= 0.6 is 11.8 Å². The van der Waals surface area contributed by atoms with E-state index in [0.29, 0.717) is 18.8 Å². The average Bonchev–Trinajstić information content (AvgIpc) is 2.43. The lowest BCUT2D eigenvalue weighted by Crippen LogP contribution is -2.14. The Morgan fingerprint density at radius 1 is 1.30 bits per heavy atom. The van der Waals surface area contributed by atoms with E-state index in [-0.39, 0.29) is 12.3 Å². The smallest absolute Gasteiger partial charge is 0.303 e. The van der Waals surface area contributed by atoms with Crippen LogP contribution in [0.2, 0.25) is 0 Å². The van der Waals surface area contributed by atoms with Gasteiger partial charge < -0.3 is 15.2 Å². The fourth-order valence-electron chi connectivity index (χ4n) is 1.51. The third kappa shape index (κ3) is 7.16. The lowest BCUT2D eigenvalue weighted by Gasteiger charge is -2.06. The molecule has 0 fully saturated rings. The highest BCUT2D eigenvalue weighted by Crippen LogP contribution is 2.12. The highest BCUT2D eigenvalue weighted by atomic mass is 32.2. The van der Waals surface area contributed by atoms with E-state index >= 15 is 0 Å². The molecule has 1 aromatic carbocycles. The van der Waals surface area contributed by atoms with E-state index in [1.807, 2.05) is 12.1 Å². The van der Waals surface area contributed by atoms with Crippen LogP contribution in [0.5, 0.6) is 0 Å². The first kappa shape index (κ1) is 16.5. The Hall–Kier alpha value is -1.53. The fourth-order valence-corrected chi connectivity index (χ4v) is 2.20. The van der Waals surface area contributed by atoms with Crippen molar-refractivity contribution < 1.29 is 19.4 Å². The first-order valence-corrected chi connectivity index (χ1v) is 7.44. The number of ether oxygens (including phenoxy) is 1. The molecule has 110 valence electrons. The molecule has 2 N–H and O–H groups in total. The number of nitrogens with one attached hydrogen (secondary N) is 1. The van der Waals surface area contributed by atoms with E-state index in [0.717, 1.165) is 17.0 Å². The van der Waals surface area contributed by atoms with Crippen LogP contribution in [0.3, 0.4) is 0 Å². The van der Waals surface area contributed by atoms with E-state index in [9.17, 15) is 9.59 Å². The molecular formula is C14H19NO4S. The number of carbonyl (C=O) groups excluding carboxylic acids is 1. The normalized spacial score (nSPS) is 10.2. The highest BCUT2D eigenvalue weighted by Gasteiger charge is 2.03. The van der Waals surface area contributed by atoms with Gasteiger partial charge in [0, 0.05) is 25.0 Å².